The van der Waals surface area contributed by atoms with Crippen molar-refractivity contribution in [1.82, 2.24) is 14.7 Å². The molecule has 0 aromatic heterocycles. The predicted molar refractivity (Wildman–Crippen MR) is 129 cm³/mol. The number of rotatable bonds is 6. The number of nitrogens with zero attached hydrogens (tertiary/aromatic N) is 3. The minimum atomic E-state index is -1.23. The second-order valence-corrected chi connectivity index (χ2v) is 10.4. The highest BCUT2D eigenvalue weighted by Gasteiger charge is 2.45. The SMILES string of the molecule is CN1CC(=O)N(Cc2cccc(C(=O)N3[C@@H]4CC[C@H]3C[C@H]([C@H](N)Cc3cc(F)c(F)cc3F)C4)c2)C1=O. The van der Waals surface area contributed by atoms with Crippen LogP contribution in [0.25, 0.3) is 0 Å². The fourth-order valence-corrected chi connectivity index (χ4v) is 6.00. The number of carbonyl (C=O) groups excluding carboxylic acids is 3. The first-order chi connectivity index (χ1) is 17.6. The Morgan fingerprint density at radius 1 is 1.03 bits per heavy atom. The molecule has 2 aromatic carbocycles. The van der Waals surface area contributed by atoms with Gasteiger partial charge in [-0.15, -0.1) is 0 Å². The van der Waals surface area contributed by atoms with Crippen molar-refractivity contribution in [2.45, 2.75) is 56.8 Å². The van der Waals surface area contributed by atoms with Crippen molar-refractivity contribution in [3.8, 4) is 0 Å². The zero-order valence-corrected chi connectivity index (χ0v) is 20.5. The highest BCUT2D eigenvalue weighted by atomic mass is 19.2. The summed E-state index contributed by atoms with van der Waals surface area (Å²) in [4.78, 5) is 42.3. The average Bonchev–Trinajstić information content (AvgIpc) is 3.26. The van der Waals surface area contributed by atoms with Crippen LogP contribution in [0.3, 0.4) is 0 Å². The molecule has 3 aliphatic rings. The summed E-state index contributed by atoms with van der Waals surface area (Å²) < 4.78 is 41.0. The summed E-state index contributed by atoms with van der Waals surface area (Å²) in [5, 5.41) is 0. The summed E-state index contributed by atoms with van der Waals surface area (Å²) >= 11 is 0. The van der Waals surface area contributed by atoms with Crippen LogP contribution in [0.4, 0.5) is 18.0 Å². The van der Waals surface area contributed by atoms with Crippen LogP contribution in [0, 0.1) is 23.4 Å². The number of carbonyl (C=O) groups is 3. The standard InChI is InChI=1S/C27H29F3N4O3/c1-32-14-25(35)33(27(32)37)13-15-3-2-4-16(7-15)26(36)34-19-5-6-20(34)9-18(8-19)24(31)11-17-10-22(29)23(30)12-21(17)28/h2-4,7,10,12,18-20,24H,5-6,8-9,11,13-14,31H2,1H3/t18-,19-,20+,24-/m1/s1. The van der Waals surface area contributed by atoms with E-state index in [1.54, 1.807) is 31.3 Å². The quantitative estimate of drug-likeness (QED) is 0.473. The van der Waals surface area contributed by atoms with Gasteiger partial charge in [0.1, 0.15) is 12.4 Å². The average molecular weight is 515 g/mol. The van der Waals surface area contributed by atoms with Crippen LogP contribution in [0.2, 0.25) is 0 Å². The number of hydrogen-bond acceptors (Lipinski definition) is 4. The third-order valence-corrected chi connectivity index (χ3v) is 7.90. The first-order valence-corrected chi connectivity index (χ1v) is 12.5. The number of hydrogen-bond donors (Lipinski definition) is 1. The molecule has 3 heterocycles. The molecule has 0 spiro atoms. The summed E-state index contributed by atoms with van der Waals surface area (Å²) in [7, 11) is 1.57. The summed E-state index contributed by atoms with van der Waals surface area (Å²) in [6, 6.07) is 7.56. The molecule has 4 atom stereocenters. The Morgan fingerprint density at radius 3 is 2.35 bits per heavy atom. The van der Waals surface area contributed by atoms with E-state index in [1.807, 2.05) is 4.90 Å². The van der Waals surface area contributed by atoms with Gasteiger partial charge in [0.25, 0.3) is 11.8 Å². The van der Waals surface area contributed by atoms with Crippen LogP contribution in [-0.2, 0) is 17.8 Å². The van der Waals surface area contributed by atoms with E-state index in [4.69, 9.17) is 5.73 Å². The molecule has 10 heteroatoms. The van der Waals surface area contributed by atoms with E-state index in [-0.39, 0.29) is 60.9 Å². The molecule has 0 radical (unpaired) electrons. The van der Waals surface area contributed by atoms with Gasteiger partial charge in [0.2, 0.25) is 0 Å². The molecule has 0 unspecified atom stereocenters. The van der Waals surface area contributed by atoms with Crippen LogP contribution in [0.5, 0.6) is 0 Å². The fourth-order valence-electron chi connectivity index (χ4n) is 6.00. The number of fused-ring (bicyclic) bond motifs is 2. The van der Waals surface area contributed by atoms with E-state index in [0.717, 1.165) is 18.9 Å². The van der Waals surface area contributed by atoms with Crippen molar-refractivity contribution in [2.75, 3.05) is 13.6 Å². The number of nitrogens with two attached hydrogens (primary N) is 1. The molecule has 7 nitrogen and oxygen atoms in total. The molecule has 3 fully saturated rings. The van der Waals surface area contributed by atoms with Gasteiger partial charge in [0, 0.05) is 36.8 Å². The van der Waals surface area contributed by atoms with Gasteiger partial charge in [-0.1, -0.05) is 12.1 Å². The molecule has 0 saturated carbocycles. The Morgan fingerprint density at radius 2 is 1.70 bits per heavy atom. The molecular weight excluding hydrogens is 485 g/mol. The molecule has 0 aliphatic carbocycles. The maximum atomic E-state index is 14.1. The fraction of sp³-hybridized carbons (Fsp3) is 0.444. The molecule has 3 saturated heterocycles. The van der Waals surface area contributed by atoms with E-state index in [0.29, 0.717) is 30.0 Å². The van der Waals surface area contributed by atoms with Crippen LogP contribution < -0.4 is 5.73 Å². The summed E-state index contributed by atoms with van der Waals surface area (Å²) in [6.45, 7) is 0.147. The highest BCUT2D eigenvalue weighted by molar-refractivity contribution is 6.01. The van der Waals surface area contributed by atoms with Crippen molar-refractivity contribution < 1.29 is 27.6 Å². The molecule has 5 rings (SSSR count). The highest BCUT2D eigenvalue weighted by Crippen LogP contribution is 2.41. The number of amides is 4. The lowest BCUT2D eigenvalue weighted by Gasteiger charge is -2.41. The first kappa shape index (κ1) is 25.3. The van der Waals surface area contributed by atoms with Crippen molar-refractivity contribution in [3.05, 3.63) is 70.5 Å². The molecule has 3 aliphatic heterocycles. The number of likely N-dealkylation sites (N-methyl/N-ethyl adjacent to an activating group) is 1. The van der Waals surface area contributed by atoms with Gasteiger partial charge in [-0.25, -0.2) is 18.0 Å². The van der Waals surface area contributed by atoms with E-state index >= 15 is 0 Å². The zero-order chi connectivity index (χ0) is 26.4. The lowest BCUT2D eigenvalue weighted by atomic mass is 9.82. The third-order valence-electron chi connectivity index (χ3n) is 7.90. The Labute approximate surface area is 213 Å². The molecule has 37 heavy (non-hydrogen) atoms. The second kappa shape index (κ2) is 9.81. The first-order valence-electron chi connectivity index (χ1n) is 12.5. The maximum absolute atomic E-state index is 14.1. The van der Waals surface area contributed by atoms with Crippen molar-refractivity contribution >= 4 is 17.8 Å². The predicted octanol–water partition coefficient (Wildman–Crippen LogP) is 3.45. The molecule has 2 aromatic rings. The maximum Gasteiger partial charge on any atom is 0.327 e. The van der Waals surface area contributed by atoms with E-state index in [2.05, 4.69) is 0 Å². The van der Waals surface area contributed by atoms with Gasteiger partial charge < -0.3 is 15.5 Å². The van der Waals surface area contributed by atoms with Gasteiger partial charge in [-0.05, 0) is 67.3 Å². The topological polar surface area (TPSA) is 87.0 Å². The van der Waals surface area contributed by atoms with Crippen LogP contribution >= 0.6 is 0 Å². The van der Waals surface area contributed by atoms with Crippen molar-refractivity contribution in [1.29, 1.82) is 0 Å². The Hall–Kier alpha value is -3.40. The molecule has 2 N–H and O–H groups in total. The molecule has 196 valence electrons. The van der Waals surface area contributed by atoms with Gasteiger partial charge in [-0.3, -0.25) is 14.5 Å². The van der Waals surface area contributed by atoms with Crippen LogP contribution in [-0.4, -0.2) is 64.3 Å². The molecule has 4 amide bonds. The summed E-state index contributed by atoms with van der Waals surface area (Å²) in [6.07, 6.45) is 3.06. The van der Waals surface area contributed by atoms with Gasteiger partial charge >= 0.3 is 6.03 Å². The zero-order valence-electron chi connectivity index (χ0n) is 20.5. The number of piperidine rings is 1. The minimum absolute atomic E-state index is 0.0175. The van der Waals surface area contributed by atoms with Crippen molar-refractivity contribution in [2.24, 2.45) is 11.7 Å². The number of halogens is 3. The summed E-state index contributed by atoms with van der Waals surface area (Å²) in [5.74, 6) is -3.50. The van der Waals surface area contributed by atoms with Crippen LogP contribution in [0.1, 0.15) is 47.2 Å². The van der Waals surface area contributed by atoms with Crippen LogP contribution in [0.15, 0.2) is 36.4 Å². The van der Waals surface area contributed by atoms with Crippen molar-refractivity contribution in [3.63, 3.8) is 0 Å². The minimum Gasteiger partial charge on any atom is -0.333 e. The number of imide groups is 1. The monoisotopic (exact) mass is 514 g/mol. The Bertz CT molecular complexity index is 1240. The third kappa shape index (κ3) is 4.82. The number of urea groups is 1. The summed E-state index contributed by atoms with van der Waals surface area (Å²) in [5.41, 5.74) is 7.64. The molecular formula is C27H29F3N4O3. The van der Waals surface area contributed by atoms with Gasteiger partial charge in [0.05, 0.1) is 6.54 Å². The molecule has 2 bridgehead atoms. The normalized spacial score (nSPS) is 24.2. The smallest absolute Gasteiger partial charge is 0.327 e. The lowest BCUT2D eigenvalue weighted by Crippen LogP contribution is -2.50. The van der Waals surface area contributed by atoms with E-state index < -0.39 is 23.5 Å². The second-order valence-electron chi connectivity index (χ2n) is 10.4. The van der Waals surface area contributed by atoms with E-state index in [9.17, 15) is 27.6 Å². The van der Waals surface area contributed by atoms with E-state index in [1.165, 1.54) is 9.80 Å². The van der Waals surface area contributed by atoms with Gasteiger partial charge in [0.15, 0.2) is 11.6 Å². The lowest BCUT2D eigenvalue weighted by molar-refractivity contribution is -0.125. The largest absolute Gasteiger partial charge is 0.333 e. The Balaban J connectivity index is 1.26. The number of benzene rings is 2. The van der Waals surface area contributed by atoms with Gasteiger partial charge in [-0.2, -0.15) is 0 Å². The Kier molecular flexibility index (Phi) is 6.70.